The summed E-state index contributed by atoms with van der Waals surface area (Å²) in [5.41, 5.74) is 2.49. The normalized spacial score (nSPS) is 10.2. The predicted molar refractivity (Wildman–Crippen MR) is 97.9 cm³/mol. The van der Waals surface area contributed by atoms with Gasteiger partial charge in [-0.3, -0.25) is 9.78 Å². The molecule has 2 aromatic heterocycles. The molecule has 0 bridgehead atoms. The lowest BCUT2D eigenvalue weighted by Gasteiger charge is -2.07. The molecule has 0 aliphatic carbocycles. The van der Waals surface area contributed by atoms with Crippen molar-refractivity contribution in [3.05, 3.63) is 72.3 Å². The van der Waals surface area contributed by atoms with Crippen molar-refractivity contribution >= 4 is 23.4 Å². The van der Waals surface area contributed by atoms with Gasteiger partial charge >= 0.3 is 0 Å². The lowest BCUT2D eigenvalue weighted by molar-refractivity contribution is -0.113. The second-order valence-electron chi connectivity index (χ2n) is 5.24. The minimum Gasteiger partial charge on any atom is -0.325 e. The van der Waals surface area contributed by atoms with Gasteiger partial charge in [-0.1, -0.05) is 11.8 Å². The molecule has 26 heavy (non-hydrogen) atoms. The van der Waals surface area contributed by atoms with E-state index in [1.165, 1.54) is 36.0 Å². The van der Waals surface area contributed by atoms with Gasteiger partial charge in [-0.05, 0) is 48.5 Å². The summed E-state index contributed by atoms with van der Waals surface area (Å²) < 4.78 is 12.9. The van der Waals surface area contributed by atoms with E-state index >= 15 is 0 Å². The molecule has 0 unspecified atom stereocenters. The molecule has 3 rings (SSSR count). The Balaban J connectivity index is 1.71. The summed E-state index contributed by atoms with van der Waals surface area (Å²) in [5, 5.41) is 12.4. The summed E-state index contributed by atoms with van der Waals surface area (Å²) in [4.78, 5) is 20.5. The van der Waals surface area contributed by atoms with Crippen molar-refractivity contribution in [1.82, 2.24) is 9.97 Å². The van der Waals surface area contributed by atoms with E-state index < -0.39 is 0 Å². The highest BCUT2D eigenvalue weighted by Gasteiger charge is 2.11. The van der Waals surface area contributed by atoms with Gasteiger partial charge in [0.25, 0.3) is 0 Å². The maximum Gasteiger partial charge on any atom is 0.234 e. The van der Waals surface area contributed by atoms with E-state index in [1.54, 1.807) is 24.5 Å². The largest absolute Gasteiger partial charge is 0.325 e. The Kier molecular flexibility index (Phi) is 5.56. The molecule has 0 saturated carbocycles. The average Bonchev–Trinajstić information content (AvgIpc) is 2.68. The number of pyridine rings is 2. The number of halogens is 1. The predicted octanol–water partition coefficient (Wildman–Crippen LogP) is 3.89. The Morgan fingerprint density at radius 1 is 1.12 bits per heavy atom. The van der Waals surface area contributed by atoms with Gasteiger partial charge in [0.05, 0.1) is 17.0 Å². The van der Waals surface area contributed by atoms with E-state index in [-0.39, 0.29) is 17.5 Å². The minimum atomic E-state index is -0.367. The van der Waals surface area contributed by atoms with Crippen LogP contribution in [0.3, 0.4) is 0 Å². The fourth-order valence-electron chi connectivity index (χ4n) is 2.18. The van der Waals surface area contributed by atoms with E-state index in [9.17, 15) is 14.4 Å². The quantitative estimate of drug-likeness (QED) is 0.695. The van der Waals surface area contributed by atoms with Crippen LogP contribution in [0.4, 0.5) is 10.1 Å². The summed E-state index contributed by atoms with van der Waals surface area (Å²) in [5.74, 6) is -0.548. The maximum atomic E-state index is 12.9. The molecule has 2 heterocycles. The van der Waals surface area contributed by atoms with Gasteiger partial charge in [-0.25, -0.2) is 9.37 Å². The Morgan fingerprint density at radius 3 is 2.54 bits per heavy atom. The minimum absolute atomic E-state index is 0.0822. The van der Waals surface area contributed by atoms with Crippen molar-refractivity contribution in [2.75, 3.05) is 11.1 Å². The van der Waals surface area contributed by atoms with Gasteiger partial charge in [0.1, 0.15) is 16.9 Å². The summed E-state index contributed by atoms with van der Waals surface area (Å²) in [7, 11) is 0. The van der Waals surface area contributed by atoms with E-state index in [0.717, 1.165) is 5.56 Å². The number of benzene rings is 1. The van der Waals surface area contributed by atoms with Gasteiger partial charge in [-0.2, -0.15) is 5.26 Å². The van der Waals surface area contributed by atoms with Crippen LogP contribution in [0.2, 0.25) is 0 Å². The molecule has 5 nitrogen and oxygen atoms in total. The number of rotatable bonds is 5. The van der Waals surface area contributed by atoms with E-state index in [4.69, 9.17) is 0 Å². The molecular formula is C19H13FN4OS. The number of carbonyl (C=O) groups is 1. The monoisotopic (exact) mass is 364 g/mol. The third-order valence-corrected chi connectivity index (χ3v) is 4.42. The molecule has 1 amide bonds. The summed E-state index contributed by atoms with van der Waals surface area (Å²) in [6.45, 7) is 0. The van der Waals surface area contributed by atoms with Crippen LogP contribution in [0, 0.1) is 17.1 Å². The topological polar surface area (TPSA) is 78.7 Å². The number of thioether (sulfide) groups is 1. The number of nitrogens with zero attached hydrogens (tertiary/aromatic N) is 3. The highest BCUT2D eigenvalue weighted by molar-refractivity contribution is 8.00. The number of nitrogens with one attached hydrogen (secondary N) is 1. The van der Waals surface area contributed by atoms with Crippen molar-refractivity contribution < 1.29 is 9.18 Å². The molecule has 0 aliphatic heterocycles. The van der Waals surface area contributed by atoms with Crippen molar-refractivity contribution in [2.24, 2.45) is 0 Å². The van der Waals surface area contributed by atoms with Crippen LogP contribution in [0.5, 0.6) is 0 Å². The number of aromatic nitrogens is 2. The first-order valence-corrected chi connectivity index (χ1v) is 8.64. The van der Waals surface area contributed by atoms with Gasteiger partial charge in [0.2, 0.25) is 5.91 Å². The molecule has 0 aliphatic rings. The zero-order valence-corrected chi connectivity index (χ0v) is 14.3. The van der Waals surface area contributed by atoms with Gasteiger partial charge in [0, 0.05) is 23.6 Å². The first-order valence-electron chi connectivity index (χ1n) is 7.65. The second kappa shape index (κ2) is 8.23. The number of anilines is 1. The summed E-state index contributed by atoms with van der Waals surface area (Å²) in [6, 6.07) is 14.7. The zero-order chi connectivity index (χ0) is 18.4. The molecular weight excluding hydrogens is 351 g/mol. The van der Waals surface area contributed by atoms with Crippen LogP contribution in [0.25, 0.3) is 11.3 Å². The fraction of sp³-hybridized carbons (Fsp3) is 0.0526. The molecule has 0 atom stereocenters. The second-order valence-corrected chi connectivity index (χ2v) is 6.20. The van der Waals surface area contributed by atoms with Crippen molar-refractivity contribution in [3.63, 3.8) is 0 Å². The first-order chi connectivity index (χ1) is 12.7. The third kappa shape index (κ3) is 4.43. The fourth-order valence-corrected chi connectivity index (χ4v) is 2.96. The van der Waals surface area contributed by atoms with Crippen molar-refractivity contribution in [1.29, 1.82) is 5.26 Å². The number of hydrogen-bond acceptors (Lipinski definition) is 5. The van der Waals surface area contributed by atoms with Crippen LogP contribution >= 0.6 is 11.8 Å². The molecule has 0 saturated heterocycles. The lowest BCUT2D eigenvalue weighted by Crippen LogP contribution is -2.14. The van der Waals surface area contributed by atoms with Crippen LogP contribution in [-0.2, 0) is 4.79 Å². The van der Waals surface area contributed by atoms with Crippen LogP contribution in [-0.4, -0.2) is 21.6 Å². The highest BCUT2D eigenvalue weighted by atomic mass is 32.2. The number of hydrogen-bond donors (Lipinski definition) is 1. The molecule has 1 N–H and O–H groups in total. The Morgan fingerprint density at radius 2 is 1.85 bits per heavy atom. The molecule has 7 heteroatoms. The van der Waals surface area contributed by atoms with E-state index in [1.807, 2.05) is 12.1 Å². The molecule has 128 valence electrons. The van der Waals surface area contributed by atoms with Gasteiger partial charge in [0.15, 0.2) is 0 Å². The first kappa shape index (κ1) is 17.6. The molecule has 0 fully saturated rings. The summed E-state index contributed by atoms with van der Waals surface area (Å²) in [6.07, 6.45) is 3.33. The lowest BCUT2D eigenvalue weighted by atomic mass is 10.1. The number of carbonyl (C=O) groups excluding carboxylic acids is 1. The maximum absolute atomic E-state index is 12.9. The van der Waals surface area contributed by atoms with Crippen LogP contribution in [0.1, 0.15) is 5.56 Å². The Bertz CT molecular complexity index is 956. The van der Waals surface area contributed by atoms with Crippen molar-refractivity contribution in [2.45, 2.75) is 5.03 Å². The van der Waals surface area contributed by atoms with Crippen molar-refractivity contribution in [3.8, 4) is 17.3 Å². The Hall–Kier alpha value is -3.24. The standard InChI is InChI=1S/C19H13FN4OS/c20-15-2-4-16(5-3-15)23-18(25)12-26-19-14(11-21)1-6-17(24-19)13-7-9-22-10-8-13/h1-10H,12H2,(H,23,25). The molecule has 1 aromatic carbocycles. The van der Waals surface area contributed by atoms with Gasteiger partial charge < -0.3 is 5.32 Å². The zero-order valence-electron chi connectivity index (χ0n) is 13.5. The summed E-state index contributed by atoms with van der Waals surface area (Å²) >= 11 is 1.18. The Labute approximate surface area is 153 Å². The molecule has 0 radical (unpaired) electrons. The van der Waals surface area contributed by atoms with Crippen LogP contribution < -0.4 is 5.32 Å². The average molecular weight is 364 g/mol. The van der Waals surface area contributed by atoms with Crippen LogP contribution in [0.15, 0.2) is 66.0 Å². The number of amides is 1. The smallest absolute Gasteiger partial charge is 0.234 e. The van der Waals surface area contributed by atoms with Gasteiger partial charge in [-0.15, -0.1) is 0 Å². The molecule has 3 aromatic rings. The number of nitriles is 1. The van der Waals surface area contributed by atoms with E-state index in [2.05, 4.69) is 21.4 Å². The SMILES string of the molecule is N#Cc1ccc(-c2ccncc2)nc1SCC(=O)Nc1ccc(F)cc1. The molecule has 0 spiro atoms. The third-order valence-electron chi connectivity index (χ3n) is 3.42. The van der Waals surface area contributed by atoms with E-state index in [0.29, 0.717) is 22.0 Å². The highest BCUT2D eigenvalue weighted by Crippen LogP contribution is 2.25.